The van der Waals surface area contributed by atoms with Gasteiger partial charge in [-0.1, -0.05) is 177 Å². The van der Waals surface area contributed by atoms with Crippen LogP contribution in [0.4, 0.5) is 0 Å². The molecular weight excluding hydrogens is 384 g/mol. The number of hydrogen-bond donors (Lipinski definition) is 0. The van der Waals surface area contributed by atoms with Gasteiger partial charge in [0, 0.05) is 0 Å². The van der Waals surface area contributed by atoms with E-state index in [0.29, 0.717) is 5.41 Å². The van der Waals surface area contributed by atoms with Gasteiger partial charge in [-0.25, -0.2) is 0 Å². The summed E-state index contributed by atoms with van der Waals surface area (Å²) in [5, 5.41) is 0. The van der Waals surface area contributed by atoms with Crippen molar-refractivity contribution in [3.63, 3.8) is 0 Å². The summed E-state index contributed by atoms with van der Waals surface area (Å²) >= 11 is 0. The minimum absolute atomic E-state index is 0.537. The lowest BCUT2D eigenvalue weighted by Gasteiger charge is -2.31. The molecule has 0 nitrogen and oxygen atoms in total. The second kappa shape index (κ2) is 97.0. The van der Waals surface area contributed by atoms with Gasteiger partial charge in [0.15, 0.2) is 0 Å². The summed E-state index contributed by atoms with van der Waals surface area (Å²) in [4.78, 5) is 0. The Morgan fingerprint density at radius 3 is 0.844 bits per heavy atom. The molecule has 0 rings (SSSR count). The van der Waals surface area contributed by atoms with Crippen LogP contribution in [0.1, 0.15) is 185 Å². The first-order valence-electron chi connectivity index (χ1n) is 14.9. The van der Waals surface area contributed by atoms with Gasteiger partial charge in [0.25, 0.3) is 0 Å². The maximum absolute atomic E-state index is 2.39. The van der Waals surface area contributed by atoms with Crippen LogP contribution in [-0.4, -0.2) is 0 Å². The summed E-state index contributed by atoms with van der Waals surface area (Å²) < 4.78 is 0. The van der Waals surface area contributed by atoms with E-state index in [9.17, 15) is 0 Å². The monoisotopic (exact) mass is 467 g/mol. The molecule has 0 heterocycles. The van der Waals surface area contributed by atoms with Gasteiger partial charge in [-0.3, -0.25) is 0 Å². The first-order chi connectivity index (χ1) is 15.3. The molecule has 0 saturated heterocycles. The average molecular weight is 467 g/mol. The topological polar surface area (TPSA) is 0 Å². The van der Waals surface area contributed by atoms with Crippen LogP contribution < -0.4 is 0 Å². The fourth-order valence-electron chi connectivity index (χ4n) is 1.32. The van der Waals surface area contributed by atoms with E-state index in [1.165, 1.54) is 19.3 Å². The van der Waals surface area contributed by atoms with Gasteiger partial charge >= 0.3 is 0 Å². The molecule has 0 fully saturated rings. The van der Waals surface area contributed by atoms with Crippen molar-refractivity contribution >= 4 is 0 Å². The van der Waals surface area contributed by atoms with Crippen molar-refractivity contribution in [1.29, 1.82) is 0 Å². The highest BCUT2D eigenvalue weighted by Gasteiger charge is 2.23. The molecule has 0 heteroatoms. The van der Waals surface area contributed by atoms with Crippen molar-refractivity contribution in [2.45, 2.75) is 185 Å². The highest BCUT2D eigenvalue weighted by molar-refractivity contribution is 4.73. The van der Waals surface area contributed by atoms with Crippen molar-refractivity contribution in [1.82, 2.24) is 0 Å². The molecule has 1 atom stereocenters. The predicted molar refractivity (Wildman–Crippen MR) is 169 cm³/mol. The lowest BCUT2D eigenvalue weighted by atomic mass is 9.75. The van der Waals surface area contributed by atoms with Crippen molar-refractivity contribution in [2.75, 3.05) is 0 Å². The highest BCUT2D eigenvalue weighted by atomic mass is 14.3. The minimum atomic E-state index is 0.537. The van der Waals surface area contributed by atoms with Crippen molar-refractivity contribution in [3.8, 4) is 0 Å². The van der Waals surface area contributed by atoms with E-state index in [4.69, 9.17) is 0 Å². The summed E-state index contributed by atoms with van der Waals surface area (Å²) in [6, 6.07) is 0. The summed E-state index contributed by atoms with van der Waals surface area (Å²) in [5.74, 6) is 1.73. The molecule has 210 valence electrons. The Bertz CT molecular complexity index is 159. The zero-order valence-corrected chi connectivity index (χ0v) is 28.9. The zero-order chi connectivity index (χ0) is 29.2. The lowest BCUT2D eigenvalue weighted by molar-refractivity contribution is 0.200. The molecule has 0 aromatic carbocycles. The standard InChI is InChI=1S/C12H26.C4H8.8C2H6/c1-7-12(5,6)11(4)9-8-10(2)3;1-3-4-2;8*1-2/h10-11H,7-9H2,1-6H3;3-4H,1-2H3;8*1-2H3. The normalized spacial score (nSPS) is 8.41. The third kappa shape index (κ3) is 113. The number of allylic oxidation sites excluding steroid dienone is 2. The molecule has 0 aliphatic heterocycles. The predicted octanol–water partition coefficient (Wildman–Crippen LogP) is 14.3. The Morgan fingerprint density at radius 2 is 0.719 bits per heavy atom. The average Bonchev–Trinajstić information content (AvgIpc) is 2.92. The SMILES string of the molecule is CC.CC.CC.CC.CC.CC.CC.CC.CC=CC.CCC(C)(C)C(C)CCC(C)C. The summed E-state index contributed by atoms with van der Waals surface area (Å²) in [6.07, 6.45) is 8.06. The molecule has 0 aliphatic rings. The van der Waals surface area contributed by atoms with Gasteiger partial charge in [-0.2, -0.15) is 0 Å². The second-order valence-corrected chi connectivity index (χ2v) is 5.88. The van der Waals surface area contributed by atoms with Crippen LogP contribution in [0.15, 0.2) is 12.2 Å². The largest absolute Gasteiger partial charge is 0.0919 e. The Hall–Kier alpha value is -0.260. The molecule has 0 aliphatic carbocycles. The van der Waals surface area contributed by atoms with Crippen molar-refractivity contribution in [2.24, 2.45) is 17.3 Å². The Kier molecular flexibility index (Phi) is 192. The fraction of sp³-hybridized carbons (Fsp3) is 0.938. The van der Waals surface area contributed by atoms with Crippen LogP contribution in [0.2, 0.25) is 0 Å². The molecule has 0 amide bonds. The molecule has 0 aromatic rings. The Labute approximate surface area is 214 Å². The van der Waals surface area contributed by atoms with Crippen molar-refractivity contribution in [3.05, 3.63) is 12.2 Å². The Balaban J connectivity index is -0.0000000254. The zero-order valence-electron chi connectivity index (χ0n) is 28.9. The van der Waals surface area contributed by atoms with E-state index in [1.54, 1.807) is 0 Å². The van der Waals surface area contributed by atoms with Crippen LogP contribution in [0.3, 0.4) is 0 Å². The summed E-state index contributed by atoms with van der Waals surface area (Å²) in [5.41, 5.74) is 0.537. The van der Waals surface area contributed by atoms with E-state index >= 15 is 0 Å². The first kappa shape index (κ1) is 63.5. The first-order valence-corrected chi connectivity index (χ1v) is 14.9. The molecule has 0 aromatic heterocycles. The highest BCUT2D eigenvalue weighted by Crippen LogP contribution is 2.33. The summed E-state index contributed by atoms with van der Waals surface area (Å²) in [7, 11) is 0. The van der Waals surface area contributed by atoms with E-state index in [1.807, 2.05) is 137 Å². The maximum atomic E-state index is 2.39. The minimum Gasteiger partial charge on any atom is -0.0919 e. The molecule has 0 bridgehead atoms. The molecule has 0 saturated carbocycles. The van der Waals surface area contributed by atoms with E-state index in [-0.39, 0.29) is 0 Å². The number of rotatable bonds is 5. The number of hydrogen-bond acceptors (Lipinski definition) is 0. The third-order valence-corrected chi connectivity index (χ3v) is 3.76. The van der Waals surface area contributed by atoms with Crippen LogP contribution in [0, 0.1) is 17.3 Å². The molecule has 32 heavy (non-hydrogen) atoms. The van der Waals surface area contributed by atoms with E-state index in [0.717, 1.165) is 11.8 Å². The van der Waals surface area contributed by atoms with Crippen molar-refractivity contribution < 1.29 is 0 Å². The molecule has 0 radical (unpaired) electrons. The van der Waals surface area contributed by atoms with Crippen LogP contribution in [0.5, 0.6) is 0 Å². The fourth-order valence-corrected chi connectivity index (χ4v) is 1.32. The Morgan fingerprint density at radius 1 is 0.500 bits per heavy atom. The van der Waals surface area contributed by atoms with Crippen LogP contribution >= 0.6 is 0 Å². The van der Waals surface area contributed by atoms with Crippen LogP contribution in [-0.2, 0) is 0 Å². The lowest BCUT2D eigenvalue weighted by Crippen LogP contribution is -2.20. The molecule has 1 unspecified atom stereocenters. The van der Waals surface area contributed by atoms with E-state index in [2.05, 4.69) is 41.5 Å². The molecular formula is C32H82. The molecule has 0 spiro atoms. The van der Waals surface area contributed by atoms with Crippen LogP contribution in [0.25, 0.3) is 0 Å². The van der Waals surface area contributed by atoms with Gasteiger partial charge in [0.2, 0.25) is 0 Å². The summed E-state index contributed by atoms with van der Waals surface area (Å²) in [6.45, 7) is 50.1. The quantitative estimate of drug-likeness (QED) is 0.353. The molecule has 0 N–H and O–H groups in total. The smallest absolute Gasteiger partial charge is 0.0331 e. The van der Waals surface area contributed by atoms with Gasteiger partial charge in [0.1, 0.15) is 0 Å². The maximum Gasteiger partial charge on any atom is -0.0331 e. The van der Waals surface area contributed by atoms with Gasteiger partial charge in [-0.05, 0) is 37.5 Å². The van der Waals surface area contributed by atoms with E-state index < -0.39 is 0 Å². The third-order valence-electron chi connectivity index (χ3n) is 3.76. The van der Waals surface area contributed by atoms with Gasteiger partial charge in [0.05, 0.1) is 0 Å². The van der Waals surface area contributed by atoms with Gasteiger partial charge < -0.3 is 0 Å². The second-order valence-electron chi connectivity index (χ2n) is 5.88. The van der Waals surface area contributed by atoms with Gasteiger partial charge in [-0.15, -0.1) is 0 Å².